The summed E-state index contributed by atoms with van der Waals surface area (Å²) in [5.74, 6) is -4.03. The van der Waals surface area contributed by atoms with E-state index >= 15 is 0 Å². The van der Waals surface area contributed by atoms with E-state index in [9.17, 15) is 18.7 Å². The quantitative estimate of drug-likeness (QED) is 0.866. The predicted octanol–water partition coefficient (Wildman–Crippen LogP) is 2.45. The number of carbonyl (C=O) groups is 1. The molecule has 0 atom stereocenters. The van der Waals surface area contributed by atoms with Gasteiger partial charge >= 0.3 is 5.92 Å². The molecule has 1 aromatic carbocycles. The number of aldehydes is 1. The third-order valence-corrected chi connectivity index (χ3v) is 2.43. The van der Waals surface area contributed by atoms with E-state index in [4.69, 9.17) is 4.74 Å². The first-order valence-corrected chi connectivity index (χ1v) is 4.63. The van der Waals surface area contributed by atoms with Crippen molar-refractivity contribution >= 4 is 22.2 Å². The van der Waals surface area contributed by atoms with Gasteiger partial charge in [0, 0.05) is 10.0 Å². The van der Waals surface area contributed by atoms with Crippen LogP contribution in [0.4, 0.5) is 8.78 Å². The van der Waals surface area contributed by atoms with Crippen LogP contribution in [0.15, 0.2) is 16.6 Å². The summed E-state index contributed by atoms with van der Waals surface area (Å²) in [6.07, 6.45) is -0.487. The first kappa shape index (κ1) is 11.9. The Morgan fingerprint density at radius 3 is 2.60 bits per heavy atom. The number of ether oxygens (including phenoxy) is 1. The zero-order valence-electron chi connectivity index (χ0n) is 7.63. The smallest absolute Gasteiger partial charge is 0.328 e. The number of rotatable bonds is 3. The van der Waals surface area contributed by atoms with Crippen LogP contribution in [0.5, 0.6) is 11.5 Å². The molecule has 0 aliphatic heterocycles. The van der Waals surface area contributed by atoms with Gasteiger partial charge in [-0.3, -0.25) is 4.79 Å². The van der Waals surface area contributed by atoms with Crippen molar-refractivity contribution in [2.24, 2.45) is 0 Å². The molecule has 3 nitrogen and oxygen atoms in total. The van der Waals surface area contributed by atoms with Crippen LogP contribution in [0, 0.1) is 0 Å². The van der Waals surface area contributed by atoms with E-state index in [1.54, 1.807) is 0 Å². The van der Waals surface area contributed by atoms with Gasteiger partial charge in [-0.2, -0.15) is 8.78 Å². The van der Waals surface area contributed by atoms with Gasteiger partial charge in [0.25, 0.3) is 0 Å². The summed E-state index contributed by atoms with van der Waals surface area (Å²) in [5.41, 5.74) is -0.601. The van der Waals surface area contributed by atoms with E-state index in [-0.39, 0.29) is 10.2 Å². The van der Waals surface area contributed by atoms with Gasteiger partial charge < -0.3 is 9.84 Å². The highest BCUT2D eigenvalue weighted by Crippen LogP contribution is 2.39. The molecule has 15 heavy (non-hydrogen) atoms. The molecule has 1 N–H and O–H groups in total. The lowest BCUT2D eigenvalue weighted by Gasteiger charge is -2.13. The van der Waals surface area contributed by atoms with Crippen molar-refractivity contribution in [2.45, 2.75) is 5.92 Å². The van der Waals surface area contributed by atoms with Crippen LogP contribution in [0.25, 0.3) is 0 Å². The van der Waals surface area contributed by atoms with Crippen LogP contribution >= 0.6 is 15.9 Å². The number of alkyl halides is 2. The van der Waals surface area contributed by atoms with Crippen molar-refractivity contribution in [1.82, 2.24) is 0 Å². The lowest BCUT2D eigenvalue weighted by molar-refractivity contribution is -0.130. The van der Waals surface area contributed by atoms with Gasteiger partial charge in [0.1, 0.15) is 0 Å². The summed E-state index contributed by atoms with van der Waals surface area (Å²) >= 11 is 2.87. The van der Waals surface area contributed by atoms with Gasteiger partial charge in [0.05, 0.1) is 7.11 Å². The standard InChI is InChI=1S/C9H7BrF2O3/c1-15-8-3-6(10)5(2-7(8)14)9(11,12)4-13/h2-4,14H,1H3. The van der Waals surface area contributed by atoms with Crippen LogP contribution in [0.1, 0.15) is 5.56 Å². The average molecular weight is 281 g/mol. The second-order valence-electron chi connectivity index (χ2n) is 2.74. The molecule has 0 aliphatic rings. The first-order chi connectivity index (χ1) is 6.92. The number of hydrogen-bond acceptors (Lipinski definition) is 3. The van der Waals surface area contributed by atoms with Crippen molar-refractivity contribution in [2.75, 3.05) is 7.11 Å². The molecule has 0 heterocycles. The Morgan fingerprint density at radius 1 is 1.53 bits per heavy atom. The van der Waals surface area contributed by atoms with E-state index in [1.807, 2.05) is 0 Å². The molecule has 0 radical (unpaired) electrons. The fraction of sp³-hybridized carbons (Fsp3) is 0.222. The SMILES string of the molecule is COc1cc(Br)c(C(F)(F)C=O)cc1O. The second kappa shape index (κ2) is 4.14. The van der Waals surface area contributed by atoms with Crippen LogP contribution < -0.4 is 4.74 Å². The maximum atomic E-state index is 13.0. The van der Waals surface area contributed by atoms with Crippen LogP contribution in [-0.2, 0) is 10.7 Å². The Labute approximate surface area is 92.8 Å². The monoisotopic (exact) mass is 280 g/mol. The highest BCUT2D eigenvalue weighted by atomic mass is 79.9. The highest BCUT2D eigenvalue weighted by Gasteiger charge is 2.34. The molecule has 0 fully saturated rings. The molecule has 0 unspecified atom stereocenters. The van der Waals surface area contributed by atoms with Crippen LogP contribution in [-0.4, -0.2) is 18.5 Å². The van der Waals surface area contributed by atoms with Gasteiger partial charge in [-0.25, -0.2) is 0 Å². The molecule has 82 valence electrons. The van der Waals surface area contributed by atoms with Crippen molar-refractivity contribution in [3.05, 3.63) is 22.2 Å². The Kier molecular flexibility index (Phi) is 3.28. The molecule has 0 amide bonds. The second-order valence-corrected chi connectivity index (χ2v) is 3.60. The van der Waals surface area contributed by atoms with E-state index in [0.717, 1.165) is 6.07 Å². The summed E-state index contributed by atoms with van der Waals surface area (Å²) in [6, 6.07) is 1.96. The third-order valence-electron chi connectivity index (χ3n) is 1.78. The van der Waals surface area contributed by atoms with Crippen LogP contribution in [0.3, 0.4) is 0 Å². The molecule has 1 aromatic rings. The molecule has 0 bridgehead atoms. The number of benzene rings is 1. The minimum atomic E-state index is -3.64. The van der Waals surface area contributed by atoms with Gasteiger partial charge in [0.15, 0.2) is 17.8 Å². The molecule has 0 saturated carbocycles. The molecule has 0 saturated heterocycles. The Hall–Kier alpha value is -1.17. The molecule has 1 rings (SSSR count). The Balaban J connectivity index is 3.34. The first-order valence-electron chi connectivity index (χ1n) is 3.83. The minimum absolute atomic E-state index is 0.00532. The van der Waals surface area contributed by atoms with Gasteiger partial charge in [0.2, 0.25) is 0 Å². The highest BCUT2D eigenvalue weighted by molar-refractivity contribution is 9.10. The number of methoxy groups -OCH3 is 1. The molecule has 0 aliphatic carbocycles. The number of aromatic hydroxyl groups is 1. The minimum Gasteiger partial charge on any atom is -0.504 e. The summed E-state index contributed by atoms with van der Waals surface area (Å²) in [4.78, 5) is 10.2. The normalized spacial score (nSPS) is 11.2. The maximum absolute atomic E-state index is 13.0. The predicted molar refractivity (Wildman–Crippen MR) is 52.3 cm³/mol. The summed E-state index contributed by atoms with van der Waals surface area (Å²) in [6.45, 7) is 0. The zero-order valence-corrected chi connectivity index (χ0v) is 9.22. The van der Waals surface area contributed by atoms with Crippen LogP contribution in [0.2, 0.25) is 0 Å². The van der Waals surface area contributed by atoms with Crippen molar-refractivity contribution in [3.8, 4) is 11.5 Å². The maximum Gasteiger partial charge on any atom is 0.328 e. The van der Waals surface area contributed by atoms with Crippen molar-refractivity contribution in [3.63, 3.8) is 0 Å². The largest absolute Gasteiger partial charge is 0.504 e. The molecule has 0 aromatic heterocycles. The van der Waals surface area contributed by atoms with E-state index in [2.05, 4.69) is 15.9 Å². The fourth-order valence-electron chi connectivity index (χ4n) is 1.03. The van der Waals surface area contributed by atoms with Gasteiger partial charge in [-0.1, -0.05) is 15.9 Å². The number of halogens is 3. The van der Waals surface area contributed by atoms with Gasteiger partial charge in [-0.15, -0.1) is 0 Å². The molecule has 6 heteroatoms. The average Bonchev–Trinajstić information content (AvgIpc) is 2.20. The molecular formula is C9H7BrF2O3. The Bertz CT molecular complexity index is 393. The lowest BCUT2D eigenvalue weighted by Crippen LogP contribution is -2.15. The lowest BCUT2D eigenvalue weighted by atomic mass is 10.1. The number of hydrogen-bond donors (Lipinski definition) is 1. The van der Waals surface area contributed by atoms with Crippen molar-refractivity contribution < 1.29 is 23.4 Å². The fourth-order valence-corrected chi connectivity index (χ4v) is 1.61. The van der Waals surface area contributed by atoms with E-state index in [0.29, 0.717) is 0 Å². The van der Waals surface area contributed by atoms with Crippen molar-refractivity contribution in [1.29, 1.82) is 0 Å². The summed E-state index contributed by atoms with van der Waals surface area (Å²) in [5, 5.41) is 9.28. The summed E-state index contributed by atoms with van der Waals surface area (Å²) in [7, 11) is 1.29. The van der Waals surface area contributed by atoms with E-state index < -0.39 is 23.5 Å². The van der Waals surface area contributed by atoms with E-state index in [1.165, 1.54) is 13.2 Å². The Morgan fingerprint density at radius 2 is 2.13 bits per heavy atom. The number of carbonyl (C=O) groups excluding carboxylic acids is 1. The third kappa shape index (κ3) is 2.26. The van der Waals surface area contributed by atoms with Gasteiger partial charge in [-0.05, 0) is 12.1 Å². The number of phenolic OH excluding ortho intramolecular Hbond substituents is 1. The molecule has 0 spiro atoms. The topological polar surface area (TPSA) is 46.5 Å². The zero-order chi connectivity index (χ0) is 11.6. The summed E-state index contributed by atoms with van der Waals surface area (Å²) < 4.78 is 30.7. The molecular weight excluding hydrogens is 274 g/mol. The number of phenols is 1.